The third kappa shape index (κ3) is 5.83. The molecule has 3 amide bonds. The molecule has 0 aliphatic heterocycles. The molecule has 0 unspecified atom stereocenters. The van der Waals surface area contributed by atoms with Gasteiger partial charge in [-0.15, -0.1) is 0 Å². The number of halogens is 4. The number of anilines is 2. The predicted octanol–water partition coefficient (Wildman–Crippen LogP) is 4.70. The van der Waals surface area contributed by atoms with Crippen LogP contribution >= 0.6 is 11.6 Å². The molecular formula is C19H13ClF3N5O4. The number of hydrogen-bond acceptors (Lipinski definition) is 6. The molecule has 32 heavy (non-hydrogen) atoms. The molecule has 0 aliphatic rings. The van der Waals surface area contributed by atoms with Gasteiger partial charge in [-0.1, -0.05) is 11.6 Å². The highest BCUT2D eigenvalue weighted by Crippen LogP contribution is 2.36. The van der Waals surface area contributed by atoms with Gasteiger partial charge in [0, 0.05) is 23.6 Å². The van der Waals surface area contributed by atoms with Gasteiger partial charge in [-0.2, -0.15) is 18.2 Å². The van der Waals surface area contributed by atoms with Crippen molar-refractivity contribution < 1.29 is 32.7 Å². The average Bonchev–Trinajstić information content (AvgIpc) is 2.75. The molecule has 4 N–H and O–H groups in total. The number of ether oxygens (including phenoxy) is 1. The van der Waals surface area contributed by atoms with Gasteiger partial charge in [-0.05, 0) is 42.5 Å². The zero-order valence-corrected chi connectivity index (χ0v) is 16.5. The van der Waals surface area contributed by atoms with Crippen LogP contribution in [0.3, 0.4) is 0 Å². The highest BCUT2D eigenvalue weighted by atomic mass is 35.5. The molecule has 0 aliphatic carbocycles. The second kappa shape index (κ2) is 9.49. The van der Waals surface area contributed by atoms with E-state index in [2.05, 4.69) is 20.6 Å². The SMILES string of the molecule is O=C(Nc1ccc(Oc2ccnc(C(=O)NO)n2)cc1)Nc1ccc(Cl)c(C(F)(F)F)c1. The molecule has 13 heteroatoms. The van der Waals surface area contributed by atoms with Crippen molar-refractivity contribution >= 4 is 34.9 Å². The molecule has 0 radical (unpaired) electrons. The quantitative estimate of drug-likeness (QED) is 0.318. The van der Waals surface area contributed by atoms with Crippen LogP contribution in [0, 0.1) is 0 Å². The number of nitrogens with one attached hydrogen (secondary N) is 3. The first-order valence-corrected chi connectivity index (χ1v) is 9.03. The normalized spacial score (nSPS) is 10.9. The number of nitrogens with zero attached hydrogens (tertiary/aromatic N) is 2. The maximum absolute atomic E-state index is 12.9. The molecule has 1 heterocycles. The number of carbonyl (C=O) groups excluding carboxylic acids is 2. The number of rotatable bonds is 5. The van der Waals surface area contributed by atoms with Crippen LogP contribution in [0.5, 0.6) is 11.6 Å². The molecule has 2 aromatic carbocycles. The summed E-state index contributed by atoms with van der Waals surface area (Å²) >= 11 is 5.55. The smallest absolute Gasteiger partial charge is 0.417 e. The fourth-order valence-electron chi connectivity index (χ4n) is 2.40. The van der Waals surface area contributed by atoms with Crippen molar-refractivity contribution in [3.05, 3.63) is 71.1 Å². The zero-order chi connectivity index (χ0) is 23.3. The number of aromatic nitrogens is 2. The summed E-state index contributed by atoms with van der Waals surface area (Å²) < 4.78 is 44.2. The lowest BCUT2D eigenvalue weighted by molar-refractivity contribution is -0.137. The van der Waals surface area contributed by atoms with E-state index in [0.29, 0.717) is 11.4 Å². The molecular weight excluding hydrogens is 455 g/mol. The van der Waals surface area contributed by atoms with E-state index >= 15 is 0 Å². The molecule has 3 aromatic rings. The van der Waals surface area contributed by atoms with Gasteiger partial charge in [0.2, 0.25) is 11.7 Å². The van der Waals surface area contributed by atoms with E-state index in [1.165, 1.54) is 48.1 Å². The van der Waals surface area contributed by atoms with Gasteiger partial charge >= 0.3 is 18.1 Å². The fraction of sp³-hybridized carbons (Fsp3) is 0.0526. The minimum absolute atomic E-state index is 0.0280. The van der Waals surface area contributed by atoms with E-state index < -0.39 is 28.7 Å². The summed E-state index contributed by atoms with van der Waals surface area (Å²) in [6.07, 6.45) is -3.40. The van der Waals surface area contributed by atoms with Crippen LogP contribution in [0.15, 0.2) is 54.7 Å². The highest BCUT2D eigenvalue weighted by molar-refractivity contribution is 6.31. The Bertz CT molecular complexity index is 1140. The van der Waals surface area contributed by atoms with Crippen molar-refractivity contribution in [2.75, 3.05) is 10.6 Å². The summed E-state index contributed by atoms with van der Waals surface area (Å²) in [6.45, 7) is 0. The molecule has 0 bridgehead atoms. The summed E-state index contributed by atoms with van der Waals surface area (Å²) in [7, 11) is 0. The Balaban J connectivity index is 1.62. The van der Waals surface area contributed by atoms with Crippen LogP contribution in [0.1, 0.15) is 16.2 Å². The first-order valence-electron chi connectivity index (χ1n) is 8.66. The molecule has 0 spiro atoms. The Labute approximate surface area is 183 Å². The topological polar surface area (TPSA) is 125 Å². The van der Waals surface area contributed by atoms with Gasteiger partial charge in [0.15, 0.2) is 0 Å². The summed E-state index contributed by atoms with van der Waals surface area (Å²) in [6, 6.07) is 9.52. The van der Waals surface area contributed by atoms with Crippen LogP contribution in [-0.2, 0) is 6.18 Å². The Morgan fingerprint density at radius 1 is 1.00 bits per heavy atom. The third-order valence-electron chi connectivity index (χ3n) is 3.80. The predicted molar refractivity (Wildman–Crippen MR) is 107 cm³/mol. The van der Waals surface area contributed by atoms with Gasteiger partial charge in [0.25, 0.3) is 0 Å². The van der Waals surface area contributed by atoms with Crippen molar-refractivity contribution in [2.45, 2.75) is 6.18 Å². The zero-order valence-electron chi connectivity index (χ0n) is 15.8. The van der Waals surface area contributed by atoms with Crippen molar-refractivity contribution in [1.82, 2.24) is 15.4 Å². The van der Waals surface area contributed by atoms with Gasteiger partial charge in [-0.3, -0.25) is 10.0 Å². The van der Waals surface area contributed by atoms with Gasteiger partial charge in [0.05, 0.1) is 10.6 Å². The Morgan fingerprint density at radius 3 is 2.31 bits per heavy atom. The number of urea groups is 1. The van der Waals surface area contributed by atoms with Gasteiger partial charge in [0.1, 0.15) is 5.75 Å². The standard InChI is InChI=1S/C19H13ClF3N5O4/c20-14-6-3-11(9-13(14)19(21,22)23)26-18(30)25-10-1-4-12(5-2-10)32-15-7-8-24-16(27-15)17(29)28-31/h1-9,31H,(H,28,29)(H2,25,26,30). The largest absolute Gasteiger partial charge is 0.439 e. The van der Waals surface area contributed by atoms with Gasteiger partial charge in [-0.25, -0.2) is 15.3 Å². The van der Waals surface area contributed by atoms with Crippen molar-refractivity contribution in [3.63, 3.8) is 0 Å². The molecule has 0 fully saturated rings. The molecule has 0 saturated heterocycles. The summed E-state index contributed by atoms with van der Waals surface area (Å²) in [4.78, 5) is 30.9. The highest BCUT2D eigenvalue weighted by Gasteiger charge is 2.33. The Morgan fingerprint density at radius 2 is 1.66 bits per heavy atom. The number of carbonyl (C=O) groups is 2. The monoisotopic (exact) mass is 467 g/mol. The molecule has 0 saturated carbocycles. The van der Waals surface area contributed by atoms with Crippen molar-refractivity contribution in [3.8, 4) is 11.6 Å². The van der Waals surface area contributed by atoms with Crippen LogP contribution < -0.4 is 20.9 Å². The van der Waals surface area contributed by atoms with E-state index in [-0.39, 0.29) is 17.4 Å². The number of hydroxylamine groups is 1. The number of amides is 3. The molecule has 3 rings (SSSR count). The Kier molecular flexibility index (Phi) is 6.76. The number of alkyl halides is 3. The van der Waals surface area contributed by atoms with Crippen LogP contribution in [-0.4, -0.2) is 27.1 Å². The first-order chi connectivity index (χ1) is 15.2. The van der Waals surface area contributed by atoms with Gasteiger partial charge < -0.3 is 15.4 Å². The van der Waals surface area contributed by atoms with Crippen molar-refractivity contribution in [2.24, 2.45) is 0 Å². The average molecular weight is 468 g/mol. The number of benzene rings is 2. The lowest BCUT2D eigenvalue weighted by Crippen LogP contribution is -2.21. The van der Waals surface area contributed by atoms with E-state index in [9.17, 15) is 22.8 Å². The first kappa shape index (κ1) is 22.8. The van der Waals surface area contributed by atoms with E-state index in [1.54, 1.807) is 0 Å². The van der Waals surface area contributed by atoms with E-state index in [0.717, 1.165) is 12.1 Å². The second-order valence-corrected chi connectivity index (χ2v) is 6.46. The fourth-order valence-corrected chi connectivity index (χ4v) is 2.62. The maximum atomic E-state index is 12.9. The Hall–Kier alpha value is -3.90. The van der Waals surface area contributed by atoms with Crippen LogP contribution in [0.2, 0.25) is 5.02 Å². The maximum Gasteiger partial charge on any atom is 0.417 e. The molecule has 0 atom stereocenters. The summed E-state index contributed by atoms with van der Waals surface area (Å²) in [5.41, 5.74) is 0.564. The van der Waals surface area contributed by atoms with E-state index in [4.69, 9.17) is 21.5 Å². The lowest BCUT2D eigenvalue weighted by atomic mass is 10.2. The number of hydrogen-bond donors (Lipinski definition) is 4. The molecule has 9 nitrogen and oxygen atoms in total. The second-order valence-electron chi connectivity index (χ2n) is 6.06. The lowest BCUT2D eigenvalue weighted by Gasteiger charge is -2.12. The van der Waals surface area contributed by atoms with Crippen LogP contribution in [0.4, 0.5) is 29.3 Å². The van der Waals surface area contributed by atoms with Crippen molar-refractivity contribution in [1.29, 1.82) is 0 Å². The summed E-state index contributed by atoms with van der Waals surface area (Å²) in [5, 5.41) is 12.9. The van der Waals surface area contributed by atoms with Crippen LogP contribution in [0.25, 0.3) is 0 Å². The summed E-state index contributed by atoms with van der Waals surface area (Å²) in [5.74, 6) is -0.891. The third-order valence-corrected chi connectivity index (χ3v) is 4.13. The molecule has 1 aromatic heterocycles. The minimum atomic E-state index is -4.66. The minimum Gasteiger partial charge on any atom is -0.439 e. The molecule has 166 valence electrons. The van der Waals surface area contributed by atoms with E-state index in [1.807, 2.05) is 0 Å².